The highest BCUT2D eigenvalue weighted by Crippen LogP contribution is 2.28. The lowest BCUT2D eigenvalue weighted by Gasteiger charge is -2.07. The molecule has 0 spiro atoms. The Morgan fingerprint density at radius 2 is 2.05 bits per heavy atom. The van der Waals surface area contributed by atoms with Gasteiger partial charge in [0.25, 0.3) is 5.88 Å². The van der Waals surface area contributed by atoms with E-state index >= 15 is 0 Å². The highest BCUT2D eigenvalue weighted by atomic mass is 19.1. The van der Waals surface area contributed by atoms with Crippen LogP contribution in [0.15, 0.2) is 41.4 Å². The summed E-state index contributed by atoms with van der Waals surface area (Å²) >= 11 is 0. The zero-order chi connectivity index (χ0) is 14.1. The largest absolute Gasteiger partial charge is 0.491 e. The van der Waals surface area contributed by atoms with Crippen LogP contribution in [0.2, 0.25) is 0 Å². The molecule has 0 saturated carbocycles. The van der Waals surface area contributed by atoms with Crippen LogP contribution in [-0.4, -0.2) is 19.8 Å². The number of hydrogen-bond acceptors (Lipinski definition) is 4. The number of aromatic nitrogens is 3. The van der Waals surface area contributed by atoms with Gasteiger partial charge in [0.2, 0.25) is 0 Å². The number of hydrogen-bond donors (Lipinski definition) is 1. The van der Waals surface area contributed by atoms with E-state index in [0.29, 0.717) is 0 Å². The predicted molar refractivity (Wildman–Crippen MR) is 64.8 cm³/mol. The predicted octanol–water partition coefficient (Wildman–Crippen LogP) is 2.57. The second kappa shape index (κ2) is 4.76. The van der Waals surface area contributed by atoms with Gasteiger partial charge in [0.05, 0.1) is 18.4 Å². The first kappa shape index (κ1) is 12.3. The lowest BCUT2D eigenvalue weighted by Crippen LogP contribution is -2.01. The van der Waals surface area contributed by atoms with E-state index in [1.54, 1.807) is 17.0 Å². The fourth-order valence-electron chi connectivity index (χ4n) is 1.87. The number of imidazole rings is 1. The number of halogens is 2. The number of nitrogens with zero attached hydrogens (tertiary/aromatic N) is 3. The van der Waals surface area contributed by atoms with Gasteiger partial charge in [-0.1, -0.05) is 0 Å². The summed E-state index contributed by atoms with van der Waals surface area (Å²) in [5, 5.41) is 12.3. The fourth-order valence-corrected chi connectivity index (χ4v) is 1.87. The van der Waals surface area contributed by atoms with Crippen LogP contribution in [0.5, 0.6) is 5.88 Å². The van der Waals surface area contributed by atoms with Crippen molar-refractivity contribution in [2.75, 3.05) is 0 Å². The molecule has 2 heterocycles. The van der Waals surface area contributed by atoms with Crippen LogP contribution in [-0.2, 0) is 6.54 Å². The van der Waals surface area contributed by atoms with Gasteiger partial charge in [-0.2, -0.15) is 0 Å². The van der Waals surface area contributed by atoms with E-state index in [-0.39, 0.29) is 29.3 Å². The molecule has 102 valence electrons. The highest BCUT2D eigenvalue weighted by Gasteiger charge is 2.15. The standard InChI is InChI=1S/C13H9F2N3O2/c14-10-4-9(12-5-13(19)17-20-12)11(15)3-8(10)6-18-2-1-16-7-18/h1-5,7H,6H2,(H,17,19). The average Bonchev–Trinajstić information content (AvgIpc) is 3.05. The summed E-state index contributed by atoms with van der Waals surface area (Å²) < 4.78 is 34.3. The minimum Gasteiger partial charge on any atom is -0.491 e. The maximum atomic E-state index is 14.0. The molecule has 0 unspecified atom stereocenters. The van der Waals surface area contributed by atoms with Crippen molar-refractivity contribution < 1.29 is 18.4 Å². The van der Waals surface area contributed by atoms with Gasteiger partial charge in [0.1, 0.15) is 11.6 Å². The van der Waals surface area contributed by atoms with E-state index in [9.17, 15) is 8.78 Å². The molecule has 3 rings (SSSR count). The highest BCUT2D eigenvalue weighted by molar-refractivity contribution is 5.59. The van der Waals surface area contributed by atoms with Crippen LogP contribution in [0.4, 0.5) is 8.78 Å². The molecule has 20 heavy (non-hydrogen) atoms. The molecule has 0 atom stereocenters. The van der Waals surface area contributed by atoms with Crippen LogP contribution in [0.3, 0.4) is 0 Å². The summed E-state index contributed by atoms with van der Waals surface area (Å²) in [4.78, 5) is 3.83. The molecule has 1 aromatic carbocycles. The van der Waals surface area contributed by atoms with Crippen molar-refractivity contribution in [3.63, 3.8) is 0 Å². The Kier molecular flexibility index (Phi) is 2.94. The molecule has 0 aliphatic heterocycles. The van der Waals surface area contributed by atoms with Gasteiger partial charge in [-0.3, -0.25) is 0 Å². The SMILES string of the molecule is Oc1cc(-c2cc(F)c(Cn3ccnc3)cc2F)on1. The van der Waals surface area contributed by atoms with Crippen LogP contribution < -0.4 is 0 Å². The lowest BCUT2D eigenvalue weighted by atomic mass is 10.1. The first-order chi connectivity index (χ1) is 9.63. The molecule has 0 saturated heterocycles. The first-order valence-corrected chi connectivity index (χ1v) is 5.73. The fraction of sp³-hybridized carbons (Fsp3) is 0.0769. The Labute approximate surface area is 112 Å². The topological polar surface area (TPSA) is 64.1 Å². The second-order valence-electron chi connectivity index (χ2n) is 4.21. The minimum absolute atomic E-state index is 0.0342. The molecule has 0 aliphatic rings. The molecule has 0 fully saturated rings. The van der Waals surface area contributed by atoms with Gasteiger partial charge in [0, 0.05) is 24.0 Å². The number of rotatable bonds is 3. The molecule has 0 bridgehead atoms. The van der Waals surface area contributed by atoms with Crippen molar-refractivity contribution in [1.82, 2.24) is 14.7 Å². The Morgan fingerprint density at radius 3 is 2.70 bits per heavy atom. The van der Waals surface area contributed by atoms with Gasteiger partial charge in [-0.25, -0.2) is 13.8 Å². The summed E-state index contributed by atoms with van der Waals surface area (Å²) in [7, 11) is 0. The maximum Gasteiger partial charge on any atom is 0.252 e. The first-order valence-electron chi connectivity index (χ1n) is 5.73. The monoisotopic (exact) mass is 277 g/mol. The third-order valence-electron chi connectivity index (χ3n) is 2.81. The number of aromatic hydroxyl groups is 1. The Bertz CT molecular complexity index is 738. The van der Waals surface area contributed by atoms with Crippen molar-refractivity contribution >= 4 is 0 Å². The van der Waals surface area contributed by atoms with E-state index in [4.69, 9.17) is 9.63 Å². The van der Waals surface area contributed by atoms with E-state index in [2.05, 4.69) is 10.1 Å². The Hall–Kier alpha value is -2.70. The summed E-state index contributed by atoms with van der Waals surface area (Å²) in [6.45, 7) is 0.171. The molecule has 0 radical (unpaired) electrons. The third-order valence-corrected chi connectivity index (χ3v) is 2.81. The van der Waals surface area contributed by atoms with Crippen molar-refractivity contribution in [3.05, 3.63) is 54.1 Å². The second-order valence-corrected chi connectivity index (χ2v) is 4.21. The van der Waals surface area contributed by atoms with Crippen LogP contribution >= 0.6 is 0 Å². The zero-order valence-corrected chi connectivity index (χ0v) is 10.1. The van der Waals surface area contributed by atoms with Gasteiger partial charge in [0.15, 0.2) is 5.76 Å². The third kappa shape index (κ3) is 2.25. The van der Waals surface area contributed by atoms with Crippen molar-refractivity contribution in [3.8, 4) is 17.2 Å². The van der Waals surface area contributed by atoms with E-state index < -0.39 is 11.6 Å². The zero-order valence-electron chi connectivity index (χ0n) is 10.1. The quantitative estimate of drug-likeness (QED) is 0.799. The van der Waals surface area contributed by atoms with E-state index in [0.717, 1.165) is 18.2 Å². The smallest absolute Gasteiger partial charge is 0.252 e. The molecule has 7 heteroatoms. The molecule has 2 aromatic heterocycles. The average molecular weight is 277 g/mol. The van der Waals surface area contributed by atoms with Crippen LogP contribution in [0, 0.1) is 11.6 Å². The summed E-state index contributed by atoms with van der Waals surface area (Å²) in [5.41, 5.74) is 0.0951. The van der Waals surface area contributed by atoms with E-state index in [1.165, 1.54) is 6.33 Å². The summed E-state index contributed by atoms with van der Waals surface area (Å²) in [5.74, 6) is -1.65. The summed E-state index contributed by atoms with van der Waals surface area (Å²) in [6, 6.07) is 3.22. The van der Waals surface area contributed by atoms with Gasteiger partial charge in [-0.05, 0) is 17.3 Å². The normalized spacial score (nSPS) is 10.9. The lowest BCUT2D eigenvalue weighted by molar-refractivity contribution is 0.364. The molecule has 0 aliphatic carbocycles. The number of benzene rings is 1. The van der Waals surface area contributed by atoms with Gasteiger partial charge >= 0.3 is 0 Å². The Balaban J connectivity index is 1.98. The van der Waals surface area contributed by atoms with Gasteiger partial charge < -0.3 is 14.2 Å². The van der Waals surface area contributed by atoms with Crippen LogP contribution in [0.25, 0.3) is 11.3 Å². The van der Waals surface area contributed by atoms with Crippen molar-refractivity contribution in [2.24, 2.45) is 0 Å². The van der Waals surface area contributed by atoms with Gasteiger partial charge in [-0.15, -0.1) is 0 Å². The minimum atomic E-state index is -0.655. The maximum absolute atomic E-state index is 14.0. The van der Waals surface area contributed by atoms with Crippen LogP contribution in [0.1, 0.15) is 5.56 Å². The van der Waals surface area contributed by atoms with Crippen molar-refractivity contribution in [1.29, 1.82) is 0 Å². The molecule has 1 N–H and O–H groups in total. The Morgan fingerprint density at radius 1 is 1.20 bits per heavy atom. The van der Waals surface area contributed by atoms with E-state index in [1.807, 2.05) is 0 Å². The van der Waals surface area contributed by atoms with Crippen molar-refractivity contribution in [2.45, 2.75) is 6.54 Å². The molecular formula is C13H9F2N3O2. The molecule has 0 amide bonds. The molecular weight excluding hydrogens is 268 g/mol. The molecule has 3 aromatic rings. The summed E-state index contributed by atoms with van der Waals surface area (Å²) in [6.07, 6.45) is 4.72. The molecule has 5 nitrogen and oxygen atoms in total.